The number of hydrogen-bond acceptors (Lipinski definition) is 5. The number of amides is 1. The first-order valence-corrected chi connectivity index (χ1v) is 9.71. The quantitative estimate of drug-likeness (QED) is 0.520. The minimum Gasteiger partial charge on any atom is -0.494 e. The Kier molecular flexibility index (Phi) is 5.16. The number of hydrogen-bond donors (Lipinski definition) is 1. The molecule has 2 aromatic heterocycles. The van der Waals surface area contributed by atoms with Gasteiger partial charge in [0, 0.05) is 22.8 Å². The summed E-state index contributed by atoms with van der Waals surface area (Å²) in [6.07, 6.45) is 3.66. The highest BCUT2D eigenvalue weighted by Crippen LogP contribution is 2.25. The molecule has 1 amide bonds. The van der Waals surface area contributed by atoms with Gasteiger partial charge in [-0.2, -0.15) is 5.10 Å². The monoisotopic (exact) mass is 390 g/mol. The Balaban J connectivity index is 1.47. The van der Waals surface area contributed by atoms with Gasteiger partial charge < -0.3 is 10.1 Å². The van der Waals surface area contributed by atoms with Crippen molar-refractivity contribution in [1.29, 1.82) is 0 Å². The molecule has 0 fully saturated rings. The molecule has 28 heavy (non-hydrogen) atoms. The lowest BCUT2D eigenvalue weighted by molar-refractivity contribution is 0.102. The molecule has 4 aromatic rings. The Hall–Kier alpha value is -3.45. The van der Waals surface area contributed by atoms with Crippen molar-refractivity contribution in [1.82, 2.24) is 14.8 Å². The van der Waals surface area contributed by atoms with Gasteiger partial charge in [0.15, 0.2) is 0 Å². The van der Waals surface area contributed by atoms with Crippen LogP contribution in [0.15, 0.2) is 72.4 Å². The summed E-state index contributed by atoms with van der Waals surface area (Å²) in [5.41, 5.74) is 2.91. The summed E-state index contributed by atoms with van der Waals surface area (Å²) >= 11 is 1.41. The van der Waals surface area contributed by atoms with Crippen LogP contribution in [0.3, 0.4) is 0 Å². The maximum Gasteiger partial charge on any atom is 0.275 e. The molecule has 0 unspecified atom stereocenters. The number of nitrogens with zero attached hydrogens (tertiary/aromatic N) is 3. The van der Waals surface area contributed by atoms with Crippen molar-refractivity contribution >= 4 is 22.9 Å². The van der Waals surface area contributed by atoms with Gasteiger partial charge in [-0.15, -0.1) is 11.3 Å². The predicted molar refractivity (Wildman–Crippen MR) is 110 cm³/mol. The lowest BCUT2D eigenvalue weighted by Gasteiger charge is -2.05. The normalized spacial score (nSPS) is 10.6. The van der Waals surface area contributed by atoms with Crippen molar-refractivity contribution < 1.29 is 9.53 Å². The number of carbonyl (C=O) groups is 1. The molecule has 0 radical (unpaired) electrons. The van der Waals surface area contributed by atoms with Gasteiger partial charge in [0.25, 0.3) is 5.91 Å². The minimum absolute atomic E-state index is 0.248. The number of ether oxygens (including phenoxy) is 1. The van der Waals surface area contributed by atoms with Crippen molar-refractivity contribution in [3.05, 3.63) is 78.1 Å². The highest BCUT2D eigenvalue weighted by atomic mass is 32.1. The van der Waals surface area contributed by atoms with E-state index in [2.05, 4.69) is 15.4 Å². The summed E-state index contributed by atoms with van der Waals surface area (Å²) in [5.74, 6) is 0.522. The molecule has 0 spiro atoms. The van der Waals surface area contributed by atoms with E-state index in [9.17, 15) is 4.79 Å². The van der Waals surface area contributed by atoms with Crippen molar-refractivity contribution in [3.8, 4) is 22.0 Å². The van der Waals surface area contributed by atoms with E-state index >= 15 is 0 Å². The van der Waals surface area contributed by atoms with E-state index in [4.69, 9.17) is 4.74 Å². The van der Waals surface area contributed by atoms with E-state index in [-0.39, 0.29) is 5.91 Å². The van der Waals surface area contributed by atoms with Crippen LogP contribution in [-0.4, -0.2) is 27.3 Å². The number of benzene rings is 2. The van der Waals surface area contributed by atoms with Crippen LogP contribution >= 0.6 is 11.3 Å². The summed E-state index contributed by atoms with van der Waals surface area (Å²) in [5, 5.41) is 9.73. The topological polar surface area (TPSA) is 69.0 Å². The zero-order valence-electron chi connectivity index (χ0n) is 15.2. The highest BCUT2D eigenvalue weighted by molar-refractivity contribution is 7.13. The minimum atomic E-state index is -0.248. The number of anilines is 1. The summed E-state index contributed by atoms with van der Waals surface area (Å²) in [6, 6.07) is 17.1. The van der Waals surface area contributed by atoms with Crippen LogP contribution in [0.1, 0.15) is 17.4 Å². The molecule has 0 atom stereocenters. The van der Waals surface area contributed by atoms with Gasteiger partial charge in [-0.1, -0.05) is 18.2 Å². The number of thiazole rings is 1. The van der Waals surface area contributed by atoms with Crippen LogP contribution in [0.4, 0.5) is 5.69 Å². The lowest BCUT2D eigenvalue weighted by Crippen LogP contribution is -2.12. The van der Waals surface area contributed by atoms with Crippen LogP contribution in [-0.2, 0) is 0 Å². The zero-order chi connectivity index (χ0) is 19.3. The van der Waals surface area contributed by atoms with Crippen molar-refractivity contribution in [2.75, 3.05) is 11.9 Å². The van der Waals surface area contributed by atoms with Gasteiger partial charge in [0.05, 0.1) is 18.5 Å². The predicted octanol–water partition coefficient (Wildman–Crippen LogP) is 4.65. The van der Waals surface area contributed by atoms with Gasteiger partial charge in [-0.25, -0.2) is 9.67 Å². The van der Waals surface area contributed by atoms with Crippen molar-refractivity contribution in [2.45, 2.75) is 6.92 Å². The number of rotatable bonds is 6. The van der Waals surface area contributed by atoms with Crippen LogP contribution in [0.2, 0.25) is 0 Å². The van der Waals surface area contributed by atoms with Crippen LogP contribution < -0.4 is 10.1 Å². The molecule has 4 rings (SSSR count). The van der Waals surface area contributed by atoms with Gasteiger partial charge in [-0.3, -0.25) is 4.79 Å². The largest absolute Gasteiger partial charge is 0.494 e. The van der Waals surface area contributed by atoms with E-state index in [0.29, 0.717) is 18.0 Å². The molecule has 1 N–H and O–H groups in total. The fourth-order valence-electron chi connectivity index (χ4n) is 2.66. The second kappa shape index (κ2) is 8.06. The second-order valence-electron chi connectivity index (χ2n) is 5.96. The Morgan fingerprint density at radius 2 is 1.93 bits per heavy atom. The molecular weight excluding hydrogens is 372 g/mol. The number of carbonyl (C=O) groups excluding carboxylic acids is 1. The summed E-state index contributed by atoms with van der Waals surface area (Å²) < 4.78 is 7.19. The average molecular weight is 390 g/mol. The zero-order valence-corrected chi connectivity index (χ0v) is 16.0. The fraction of sp³-hybridized carbons (Fsp3) is 0.0952. The Labute approximate surface area is 166 Å². The molecule has 0 saturated heterocycles. The first-order valence-electron chi connectivity index (χ1n) is 8.83. The molecule has 6 nitrogen and oxygen atoms in total. The number of aromatic nitrogens is 3. The van der Waals surface area contributed by atoms with Crippen LogP contribution in [0.25, 0.3) is 16.3 Å². The molecule has 0 aliphatic carbocycles. The molecule has 0 aliphatic heterocycles. The van der Waals surface area contributed by atoms with E-state index in [1.165, 1.54) is 11.3 Å². The second-order valence-corrected chi connectivity index (χ2v) is 6.82. The van der Waals surface area contributed by atoms with E-state index in [1.807, 2.05) is 55.6 Å². The molecule has 0 aliphatic rings. The molecule has 0 bridgehead atoms. The molecule has 2 heterocycles. The van der Waals surface area contributed by atoms with E-state index in [0.717, 1.165) is 22.0 Å². The van der Waals surface area contributed by atoms with Gasteiger partial charge in [-0.05, 0) is 43.3 Å². The fourth-order valence-corrected chi connectivity index (χ4v) is 3.44. The van der Waals surface area contributed by atoms with E-state index < -0.39 is 0 Å². The smallest absolute Gasteiger partial charge is 0.275 e. The number of nitrogens with one attached hydrogen (secondary N) is 1. The van der Waals surface area contributed by atoms with Gasteiger partial charge in [0.1, 0.15) is 16.5 Å². The van der Waals surface area contributed by atoms with Crippen molar-refractivity contribution in [2.24, 2.45) is 0 Å². The lowest BCUT2D eigenvalue weighted by atomic mass is 10.3. The third-order valence-electron chi connectivity index (χ3n) is 4.01. The Bertz CT molecular complexity index is 1070. The Morgan fingerprint density at radius 3 is 2.68 bits per heavy atom. The molecule has 140 valence electrons. The van der Waals surface area contributed by atoms with Gasteiger partial charge in [0.2, 0.25) is 0 Å². The standard InChI is InChI=1S/C21H18N4O2S/c1-2-27-18-10-8-16(9-11-18)23-20(26)19-14-28-21(24-19)15-12-22-25(13-15)17-6-4-3-5-7-17/h3-14H,2H2,1H3,(H,23,26). The summed E-state index contributed by atoms with van der Waals surface area (Å²) in [7, 11) is 0. The first kappa shape index (κ1) is 17.9. The van der Waals surface area contributed by atoms with Crippen molar-refractivity contribution in [3.63, 3.8) is 0 Å². The molecular formula is C21H18N4O2S. The molecule has 0 saturated carbocycles. The third-order valence-corrected chi connectivity index (χ3v) is 4.90. The summed E-state index contributed by atoms with van der Waals surface area (Å²) in [4.78, 5) is 16.9. The number of para-hydroxylation sites is 1. The molecule has 7 heteroatoms. The van der Waals surface area contributed by atoms with Crippen LogP contribution in [0, 0.1) is 0 Å². The maximum absolute atomic E-state index is 12.5. The first-order chi connectivity index (χ1) is 13.7. The molecule has 2 aromatic carbocycles. The SMILES string of the molecule is CCOc1ccc(NC(=O)c2csc(-c3cnn(-c4ccccc4)c3)n2)cc1. The Morgan fingerprint density at radius 1 is 1.14 bits per heavy atom. The van der Waals surface area contributed by atoms with Gasteiger partial charge >= 0.3 is 0 Å². The average Bonchev–Trinajstić information content (AvgIpc) is 3.40. The summed E-state index contributed by atoms with van der Waals surface area (Å²) in [6.45, 7) is 2.53. The maximum atomic E-state index is 12.5. The third kappa shape index (κ3) is 3.94. The van der Waals surface area contributed by atoms with Crippen LogP contribution in [0.5, 0.6) is 5.75 Å². The highest BCUT2D eigenvalue weighted by Gasteiger charge is 2.13. The van der Waals surface area contributed by atoms with E-state index in [1.54, 1.807) is 28.4 Å².